The standard InChI is InChI=1S/C46H51N13O8/c1-4-58-39(43(65)53-45-51-34-25-31(41(48)63)15-17-36(34)57(45)22-19-49-46(66)67-26-29-11-7-5-8-12-29)32(28(3)55-58)13-9-6-10-20-59-37(23-27(2)54-59)42(64)52-44-50-33-24-30(40(47)62)14-16-35(33)56(44)21-18-38(60)61/h5,7-8,11-12,14-17,23-25H,4,6,9-10,13,18-22,26H2,1-3H3,(H2,47,62)(H2,48,63)(H,49,66)(H,60,61)(H,50,52,64)(H,51,53,65). The number of aryl methyl sites for hydroxylation is 5. The van der Waals surface area contributed by atoms with Gasteiger partial charge in [-0.2, -0.15) is 10.2 Å². The smallest absolute Gasteiger partial charge is 0.407 e. The molecule has 0 fully saturated rings. The summed E-state index contributed by atoms with van der Waals surface area (Å²) >= 11 is 0. The highest BCUT2D eigenvalue weighted by atomic mass is 16.5. The van der Waals surface area contributed by atoms with Gasteiger partial charge in [0.05, 0.1) is 39.9 Å². The molecule has 0 saturated carbocycles. The Morgan fingerprint density at radius 2 is 1.34 bits per heavy atom. The number of unbranched alkanes of at least 4 members (excludes halogenated alkanes) is 2. The monoisotopic (exact) mass is 913 g/mol. The number of aliphatic carboxylic acids is 1. The normalized spacial score (nSPS) is 11.2. The number of nitrogens with zero attached hydrogens (tertiary/aromatic N) is 8. The molecule has 7 aromatic rings. The Morgan fingerprint density at radius 1 is 0.716 bits per heavy atom. The number of primary amides is 2. The van der Waals surface area contributed by atoms with Crippen LogP contribution in [0.15, 0.2) is 72.8 Å². The second-order valence-electron chi connectivity index (χ2n) is 15.8. The number of alkyl carbamates (subject to hydrolysis) is 1. The van der Waals surface area contributed by atoms with E-state index in [1.54, 1.807) is 55.8 Å². The van der Waals surface area contributed by atoms with E-state index < -0.39 is 35.7 Å². The summed E-state index contributed by atoms with van der Waals surface area (Å²) in [4.78, 5) is 84.9. The Balaban J connectivity index is 1.01. The third-order valence-electron chi connectivity index (χ3n) is 11.1. The summed E-state index contributed by atoms with van der Waals surface area (Å²) < 4.78 is 11.9. The lowest BCUT2D eigenvalue weighted by Gasteiger charge is -2.13. The Labute approximate surface area is 383 Å². The molecule has 8 N–H and O–H groups in total. The fourth-order valence-corrected chi connectivity index (χ4v) is 7.83. The van der Waals surface area contributed by atoms with Crippen molar-refractivity contribution >= 4 is 69.7 Å². The van der Waals surface area contributed by atoms with E-state index in [0.717, 1.165) is 11.1 Å². The zero-order valence-corrected chi connectivity index (χ0v) is 37.2. The maximum Gasteiger partial charge on any atom is 0.407 e. The predicted molar refractivity (Wildman–Crippen MR) is 246 cm³/mol. The maximum absolute atomic E-state index is 14.2. The van der Waals surface area contributed by atoms with Gasteiger partial charge in [0, 0.05) is 49.4 Å². The summed E-state index contributed by atoms with van der Waals surface area (Å²) in [5.74, 6) is -2.95. The van der Waals surface area contributed by atoms with Gasteiger partial charge in [0.25, 0.3) is 11.8 Å². The second-order valence-corrected chi connectivity index (χ2v) is 15.8. The van der Waals surface area contributed by atoms with Crippen LogP contribution in [0.3, 0.4) is 0 Å². The molecule has 0 bridgehead atoms. The molecule has 0 aliphatic heterocycles. The number of imidazole rings is 2. The third kappa shape index (κ3) is 11.0. The average molecular weight is 914 g/mol. The summed E-state index contributed by atoms with van der Waals surface area (Å²) in [6.07, 6.45) is 1.72. The van der Waals surface area contributed by atoms with Gasteiger partial charge in [-0.15, -0.1) is 0 Å². The van der Waals surface area contributed by atoms with Crippen LogP contribution < -0.4 is 27.4 Å². The molecule has 7 rings (SSSR count). The second kappa shape index (κ2) is 20.6. The van der Waals surface area contributed by atoms with Crippen molar-refractivity contribution in [3.8, 4) is 0 Å². The lowest BCUT2D eigenvalue weighted by Crippen LogP contribution is -2.28. The molecule has 0 aliphatic rings. The molecule has 0 atom stereocenters. The van der Waals surface area contributed by atoms with Crippen molar-refractivity contribution in [3.05, 3.63) is 118 Å². The van der Waals surface area contributed by atoms with Gasteiger partial charge in [0.2, 0.25) is 23.7 Å². The van der Waals surface area contributed by atoms with Crippen LogP contribution in [0.4, 0.5) is 16.7 Å². The van der Waals surface area contributed by atoms with Gasteiger partial charge in [0.15, 0.2) is 0 Å². The van der Waals surface area contributed by atoms with Crippen LogP contribution in [0.5, 0.6) is 0 Å². The van der Waals surface area contributed by atoms with E-state index >= 15 is 0 Å². The molecule has 0 unspecified atom stereocenters. The fraction of sp³-hybridized carbons (Fsp3) is 0.304. The largest absolute Gasteiger partial charge is 0.481 e. The van der Waals surface area contributed by atoms with Gasteiger partial charge in [-0.1, -0.05) is 36.8 Å². The number of nitrogens with two attached hydrogens (primary N) is 2. The van der Waals surface area contributed by atoms with E-state index in [1.807, 2.05) is 44.2 Å². The molecule has 4 aromatic heterocycles. The van der Waals surface area contributed by atoms with Gasteiger partial charge in [0.1, 0.15) is 18.0 Å². The number of carbonyl (C=O) groups excluding carboxylic acids is 5. The summed E-state index contributed by atoms with van der Waals surface area (Å²) in [6, 6.07) is 20.3. The number of anilines is 2. The molecule has 0 radical (unpaired) electrons. The molecule has 3 aromatic carbocycles. The highest BCUT2D eigenvalue weighted by Crippen LogP contribution is 2.25. The number of carbonyl (C=O) groups is 6. The number of ether oxygens (including phenoxy) is 1. The van der Waals surface area contributed by atoms with Crippen LogP contribution in [-0.4, -0.2) is 86.0 Å². The summed E-state index contributed by atoms with van der Waals surface area (Å²) in [7, 11) is 0. The number of aromatic nitrogens is 8. The molecule has 21 heteroatoms. The Kier molecular flexibility index (Phi) is 14.4. The van der Waals surface area contributed by atoms with Gasteiger partial charge < -0.3 is 35.8 Å². The highest BCUT2D eigenvalue weighted by Gasteiger charge is 2.25. The molecule has 5 amide bonds. The average Bonchev–Trinajstić information content (AvgIpc) is 4.05. The van der Waals surface area contributed by atoms with Gasteiger partial charge in [-0.05, 0) is 88.1 Å². The number of fused-ring (bicyclic) bond motifs is 2. The van der Waals surface area contributed by atoms with E-state index in [-0.39, 0.29) is 61.4 Å². The molecule has 67 heavy (non-hydrogen) atoms. The Bertz CT molecular complexity index is 3000. The van der Waals surface area contributed by atoms with Crippen LogP contribution in [0.2, 0.25) is 0 Å². The zero-order valence-electron chi connectivity index (χ0n) is 37.2. The molecular weight excluding hydrogens is 863 g/mol. The van der Waals surface area contributed by atoms with Crippen molar-refractivity contribution in [2.75, 3.05) is 17.2 Å². The van der Waals surface area contributed by atoms with E-state index in [9.17, 15) is 33.9 Å². The Morgan fingerprint density at radius 3 is 1.96 bits per heavy atom. The minimum absolute atomic E-state index is 0.0174. The van der Waals surface area contributed by atoms with Crippen LogP contribution in [-0.2, 0) is 48.7 Å². The number of nitrogens with one attached hydrogen (secondary N) is 3. The minimum atomic E-state index is -1.03. The molecule has 4 heterocycles. The number of amides is 5. The summed E-state index contributed by atoms with van der Waals surface area (Å²) in [5, 5.41) is 27.1. The molecular formula is C46H51N13O8. The molecule has 0 spiro atoms. The van der Waals surface area contributed by atoms with Crippen molar-refractivity contribution in [1.82, 2.24) is 44.0 Å². The van der Waals surface area contributed by atoms with Crippen LogP contribution in [0, 0.1) is 13.8 Å². The molecule has 0 aliphatic carbocycles. The lowest BCUT2D eigenvalue weighted by molar-refractivity contribution is -0.137. The topological polar surface area (TPSA) is 291 Å². The van der Waals surface area contributed by atoms with E-state index in [4.69, 9.17) is 16.2 Å². The quantitative estimate of drug-likeness (QED) is 0.0523. The predicted octanol–water partition coefficient (Wildman–Crippen LogP) is 4.93. The van der Waals surface area contributed by atoms with Crippen molar-refractivity contribution < 1.29 is 38.6 Å². The van der Waals surface area contributed by atoms with Crippen molar-refractivity contribution in [3.63, 3.8) is 0 Å². The molecule has 21 nitrogen and oxygen atoms in total. The van der Waals surface area contributed by atoms with Crippen LogP contribution in [0.1, 0.15) is 96.8 Å². The number of rotatable bonds is 21. The molecule has 348 valence electrons. The van der Waals surface area contributed by atoms with E-state index in [0.29, 0.717) is 77.9 Å². The Hall–Kier alpha value is -8.36. The third-order valence-corrected chi connectivity index (χ3v) is 11.1. The first-order valence-electron chi connectivity index (χ1n) is 21.7. The van der Waals surface area contributed by atoms with Gasteiger partial charge in [-0.3, -0.25) is 44.0 Å². The van der Waals surface area contributed by atoms with Crippen LogP contribution >= 0.6 is 0 Å². The fourth-order valence-electron chi connectivity index (χ4n) is 7.83. The van der Waals surface area contributed by atoms with E-state index in [2.05, 4.69) is 36.1 Å². The van der Waals surface area contributed by atoms with Crippen molar-refractivity contribution in [2.45, 2.75) is 85.7 Å². The van der Waals surface area contributed by atoms with Crippen molar-refractivity contribution in [1.29, 1.82) is 0 Å². The van der Waals surface area contributed by atoms with Gasteiger partial charge in [-0.25, -0.2) is 14.8 Å². The van der Waals surface area contributed by atoms with E-state index in [1.165, 1.54) is 12.1 Å². The maximum atomic E-state index is 14.2. The first kappa shape index (κ1) is 46.6. The molecule has 0 saturated heterocycles. The summed E-state index contributed by atoms with van der Waals surface area (Å²) in [6.45, 7) is 6.80. The first-order valence-corrected chi connectivity index (χ1v) is 21.7. The minimum Gasteiger partial charge on any atom is -0.481 e. The SMILES string of the molecule is CCn1nc(C)c(CCCCCn2nc(C)cc2C(=O)Nc2nc3cc(C(N)=O)ccc3n2CCC(=O)O)c1C(=O)Nc1nc2cc(C(N)=O)ccc2n1CCNC(=O)OCc1ccccc1. The number of carboxylic acid groups (broad SMARTS) is 1. The highest BCUT2D eigenvalue weighted by molar-refractivity contribution is 6.05. The number of benzene rings is 3. The summed E-state index contributed by atoms with van der Waals surface area (Å²) in [5.41, 5.74) is 17.0. The number of carboxylic acids is 1. The number of hydrogen-bond acceptors (Lipinski definition) is 11. The van der Waals surface area contributed by atoms with Crippen molar-refractivity contribution in [2.24, 2.45) is 11.5 Å². The van der Waals surface area contributed by atoms with Crippen LogP contribution in [0.25, 0.3) is 22.1 Å². The number of hydrogen-bond donors (Lipinski definition) is 6. The lowest BCUT2D eigenvalue weighted by atomic mass is 10.0. The zero-order chi connectivity index (χ0) is 47.8. The first-order chi connectivity index (χ1) is 32.2. The van der Waals surface area contributed by atoms with Gasteiger partial charge >= 0.3 is 12.1 Å².